The van der Waals surface area contributed by atoms with E-state index in [9.17, 15) is 4.79 Å². The van der Waals surface area contributed by atoms with E-state index in [0.29, 0.717) is 10.6 Å². The van der Waals surface area contributed by atoms with Gasteiger partial charge in [0.15, 0.2) is 10.4 Å². The number of rotatable bonds is 4. The molecule has 0 saturated carbocycles. The van der Waals surface area contributed by atoms with Crippen molar-refractivity contribution >= 4 is 40.3 Å². The van der Waals surface area contributed by atoms with Gasteiger partial charge in [-0.3, -0.25) is 4.79 Å². The van der Waals surface area contributed by atoms with Crippen LogP contribution in [0.1, 0.15) is 26.3 Å². The minimum atomic E-state index is -0.605. The zero-order chi connectivity index (χ0) is 13.8. The maximum Gasteiger partial charge on any atom is 0.264 e. The van der Waals surface area contributed by atoms with Crippen LogP contribution in [-0.4, -0.2) is 17.1 Å². The molecule has 2 heterocycles. The van der Waals surface area contributed by atoms with Crippen LogP contribution in [0.3, 0.4) is 0 Å². The Balaban J connectivity index is 2.16. The molecule has 1 amide bonds. The molecule has 0 spiro atoms. The highest BCUT2D eigenvalue weighted by atomic mass is 32.2. The number of hydrogen-bond donors (Lipinski definition) is 1. The lowest BCUT2D eigenvalue weighted by atomic mass is 10.2. The summed E-state index contributed by atoms with van der Waals surface area (Å²) in [5, 5.41) is 13.8. The average Bonchev–Trinajstić information content (AvgIpc) is 3.04. The number of nitrogens with one attached hydrogen (secondary N) is 1. The van der Waals surface area contributed by atoms with Gasteiger partial charge in [0.1, 0.15) is 4.88 Å². The maximum absolute atomic E-state index is 12.2. The molecule has 2 rings (SSSR count). The van der Waals surface area contributed by atoms with Crippen molar-refractivity contribution in [2.24, 2.45) is 0 Å². The Kier molecular flexibility index (Phi) is 4.58. The predicted octanol–water partition coefficient (Wildman–Crippen LogP) is 3.23. The van der Waals surface area contributed by atoms with Gasteiger partial charge in [-0.2, -0.15) is 5.26 Å². The van der Waals surface area contributed by atoms with Crippen LogP contribution in [-0.2, 0) is 0 Å². The summed E-state index contributed by atoms with van der Waals surface area (Å²) >= 11 is 4.31. The van der Waals surface area contributed by atoms with Gasteiger partial charge >= 0.3 is 0 Å². The van der Waals surface area contributed by atoms with Crippen molar-refractivity contribution in [3.8, 4) is 6.07 Å². The second-order valence-corrected chi connectivity index (χ2v) is 6.68. The lowest BCUT2D eigenvalue weighted by molar-refractivity contribution is 0.0949. The Morgan fingerprint density at radius 3 is 2.95 bits per heavy atom. The van der Waals surface area contributed by atoms with Gasteiger partial charge in [-0.25, -0.2) is 4.98 Å². The first kappa shape index (κ1) is 14.1. The number of thioether (sulfide) groups is 1. The summed E-state index contributed by atoms with van der Waals surface area (Å²) in [4.78, 5) is 17.9. The highest BCUT2D eigenvalue weighted by Gasteiger charge is 2.20. The average molecular weight is 309 g/mol. The van der Waals surface area contributed by atoms with Crippen molar-refractivity contribution in [1.82, 2.24) is 10.3 Å². The Labute approximate surface area is 123 Å². The van der Waals surface area contributed by atoms with Crippen LogP contribution >= 0.6 is 34.4 Å². The number of aryl methyl sites for hydroxylation is 1. The van der Waals surface area contributed by atoms with Crippen LogP contribution < -0.4 is 5.32 Å². The predicted molar refractivity (Wildman–Crippen MR) is 78.8 cm³/mol. The zero-order valence-electron chi connectivity index (χ0n) is 10.3. The molecule has 2 aromatic rings. The van der Waals surface area contributed by atoms with Crippen LogP contribution in [0, 0.1) is 18.3 Å². The summed E-state index contributed by atoms with van der Waals surface area (Å²) in [6.45, 7) is 1.80. The van der Waals surface area contributed by atoms with Crippen LogP contribution in [0.5, 0.6) is 0 Å². The Morgan fingerprint density at radius 2 is 2.42 bits per heavy atom. The third-order valence-electron chi connectivity index (χ3n) is 2.39. The number of carbonyl (C=O) groups is 1. The number of amides is 1. The number of thiazole rings is 1. The van der Waals surface area contributed by atoms with E-state index in [1.165, 1.54) is 34.4 Å². The maximum atomic E-state index is 12.2. The monoisotopic (exact) mass is 309 g/mol. The van der Waals surface area contributed by atoms with Crippen LogP contribution in [0.25, 0.3) is 0 Å². The van der Waals surface area contributed by atoms with E-state index in [-0.39, 0.29) is 5.91 Å². The SMILES string of the molecule is CSc1nc(C)c(C(=O)NC(C#N)c2cccs2)s1. The molecule has 1 unspecified atom stereocenters. The third kappa shape index (κ3) is 3.15. The molecule has 0 radical (unpaired) electrons. The van der Waals surface area contributed by atoms with Crippen molar-refractivity contribution in [3.63, 3.8) is 0 Å². The molecule has 0 saturated heterocycles. The zero-order valence-corrected chi connectivity index (χ0v) is 12.8. The quantitative estimate of drug-likeness (QED) is 0.881. The fourth-order valence-corrected chi connectivity index (χ4v) is 3.72. The standard InChI is InChI=1S/C12H11N3OS3/c1-7-10(19-12(14-7)17-2)11(16)15-8(6-13)9-4-3-5-18-9/h3-5,8H,1-2H3,(H,15,16). The number of thiophene rings is 1. The summed E-state index contributed by atoms with van der Waals surface area (Å²) in [6.07, 6.45) is 1.92. The van der Waals surface area contributed by atoms with Crippen molar-refractivity contribution in [2.75, 3.05) is 6.26 Å². The van der Waals surface area contributed by atoms with Crippen molar-refractivity contribution < 1.29 is 4.79 Å². The molecule has 0 fully saturated rings. The molecule has 0 bridgehead atoms. The van der Waals surface area contributed by atoms with Gasteiger partial charge in [-0.1, -0.05) is 17.8 Å². The lowest BCUT2D eigenvalue weighted by Gasteiger charge is -2.08. The molecule has 7 heteroatoms. The number of nitrogens with zero attached hydrogens (tertiary/aromatic N) is 2. The fourth-order valence-electron chi connectivity index (χ4n) is 1.49. The van der Waals surface area contributed by atoms with Crippen LogP contribution in [0.2, 0.25) is 0 Å². The molecular formula is C12H11N3OS3. The Hall–Kier alpha value is -1.36. The van der Waals surface area contributed by atoms with E-state index in [4.69, 9.17) is 5.26 Å². The van der Waals surface area contributed by atoms with Gasteiger partial charge in [0.2, 0.25) is 0 Å². The van der Waals surface area contributed by atoms with Gasteiger partial charge in [0, 0.05) is 4.88 Å². The topological polar surface area (TPSA) is 65.8 Å². The molecular weight excluding hydrogens is 298 g/mol. The molecule has 1 N–H and O–H groups in total. The van der Waals surface area contributed by atoms with Crippen molar-refractivity contribution in [3.05, 3.63) is 33.0 Å². The minimum Gasteiger partial charge on any atom is -0.331 e. The summed E-state index contributed by atoms with van der Waals surface area (Å²) in [5.74, 6) is -0.241. The van der Waals surface area contributed by atoms with Crippen LogP contribution in [0.4, 0.5) is 0 Å². The Bertz CT molecular complexity index is 613. The first-order chi connectivity index (χ1) is 9.15. The summed E-state index contributed by atoms with van der Waals surface area (Å²) in [6, 6.07) is 5.20. The van der Waals surface area contributed by atoms with Gasteiger partial charge in [-0.05, 0) is 24.6 Å². The molecule has 0 aliphatic rings. The van der Waals surface area contributed by atoms with E-state index < -0.39 is 6.04 Å². The minimum absolute atomic E-state index is 0.241. The van der Waals surface area contributed by atoms with Crippen LogP contribution in [0.15, 0.2) is 21.9 Å². The van der Waals surface area contributed by atoms with E-state index in [2.05, 4.69) is 16.4 Å². The normalized spacial score (nSPS) is 11.8. The molecule has 2 aromatic heterocycles. The molecule has 0 aliphatic carbocycles. The molecule has 4 nitrogen and oxygen atoms in total. The highest BCUT2D eigenvalue weighted by molar-refractivity contribution is 8.00. The van der Waals surface area contributed by atoms with Gasteiger partial charge in [-0.15, -0.1) is 22.7 Å². The Morgan fingerprint density at radius 1 is 1.63 bits per heavy atom. The molecule has 0 aliphatic heterocycles. The molecule has 0 aromatic carbocycles. The summed E-state index contributed by atoms with van der Waals surface area (Å²) in [5.41, 5.74) is 0.703. The van der Waals surface area contributed by atoms with E-state index in [0.717, 1.165) is 9.22 Å². The van der Waals surface area contributed by atoms with E-state index in [1.807, 2.05) is 23.8 Å². The second-order valence-electron chi connectivity index (χ2n) is 3.65. The first-order valence-corrected chi connectivity index (χ1v) is 8.33. The molecule has 1 atom stereocenters. The van der Waals surface area contributed by atoms with Gasteiger partial charge in [0.25, 0.3) is 5.91 Å². The van der Waals surface area contributed by atoms with Crippen molar-refractivity contribution in [2.45, 2.75) is 17.3 Å². The van der Waals surface area contributed by atoms with E-state index in [1.54, 1.807) is 6.92 Å². The second kappa shape index (κ2) is 6.19. The lowest BCUT2D eigenvalue weighted by Crippen LogP contribution is -2.26. The first-order valence-electron chi connectivity index (χ1n) is 5.41. The summed E-state index contributed by atoms with van der Waals surface area (Å²) < 4.78 is 0.854. The van der Waals surface area contributed by atoms with E-state index >= 15 is 0 Å². The number of aromatic nitrogens is 1. The fraction of sp³-hybridized carbons (Fsp3) is 0.250. The van der Waals surface area contributed by atoms with Crippen molar-refractivity contribution in [1.29, 1.82) is 5.26 Å². The molecule has 19 heavy (non-hydrogen) atoms. The smallest absolute Gasteiger partial charge is 0.264 e. The third-order valence-corrected chi connectivity index (χ3v) is 5.47. The highest BCUT2D eigenvalue weighted by Crippen LogP contribution is 2.26. The molecule has 98 valence electrons. The number of hydrogen-bond acceptors (Lipinski definition) is 6. The summed E-state index contributed by atoms with van der Waals surface area (Å²) in [7, 11) is 0. The number of nitriles is 1. The van der Waals surface area contributed by atoms with Gasteiger partial charge < -0.3 is 5.32 Å². The van der Waals surface area contributed by atoms with Gasteiger partial charge in [0.05, 0.1) is 11.8 Å². The number of carbonyl (C=O) groups excluding carboxylic acids is 1. The largest absolute Gasteiger partial charge is 0.331 e.